The molecule has 32 heavy (non-hydrogen) atoms. The number of fused-ring (bicyclic) bond motifs is 4. The normalized spacial score (nSPS) is 14.9. The Kier molecular flexibility index (Phi) is 6.10. The minimum absolute atomic E-state index is 0.00378. The molecule has 1 amide bonds. The van der Waals surface area contributed by atoms with E-state index in [1.54, 1.807) is 23.0 Å². The molecule has 2 aromatic heterocycles. The number of rotatable bonds is 6. The Hall–Kier alpha value is -2.52. The first-order valence-electron chi connectivity index (χ1n) is 10.9. The zero-order chi connectivity index (χ0) is 22.1. The fourth-order valence-corrected chi connectivity index (χ4v) is 6.27. The standard InChI is InChI=1S/C23H25N3O4S2/c1-26-22(28)20-15-4-2-3-5-18(15)32-21(20)25-23(26)31-13-19(27)24-9-8-14-6-7-16-17(12-14)30-11-10-29-16/h6-7,12H,2-5,8-11,13H2,1H3,(H,24,27). The molecule has 0 saturated carbocycles. The molecule has 0 spiro atoms. The second-order valence-corrected chi connectivity index (χ2v) is 10.0. The van der Waals surface area contributed by atoms with Gasteiger partial charge < -0.3 is 14.8 Å². The predicted octanol–water partition coefficient (Wildman–Crippen LogP) is 3.10. The Morgan fingerprint density at radius 1 is 1.22 bits per heavy atom. The van der Waals surface area contributed by atoms with E-state index in [0.717, 1.165) is 46.5 Å². The molecule has 1 aliphatic carbocycles. The van der Waals surface area contributed by atoms with Gasteiger partial charge in [-0.1, -0.05) is 17.8 Å². The van der Waals surface area contributed by atoms with Crippen LogP contribution >= 0.6 is 23.1 Å². The first-order valence-corrected chi connectivity index (χ1v) is 12.7. The Morgan fingerprint density at radius 2 is 2.03 bits per heavy atom. The van der Waals surface area contributed by atoms with Crippen LogP contribution in [0, 0.1) is 0 Å². The topological polar surface area (TPSA) is 82.5 Å². The van der Waals surface area contributed by atoms with Gasteiger partial charge >= 0.3 is 0 Å². The fourth-order valence-electron chi connectivity index (χ4n) is 4.17. The molecule has 0 saturated heterocycles. The lowest BCUT2D eigenvalue weighted by molar-refractivity contribution is -0.118. The van der Waals surface area contributed by atoms with Gasteiger partial charge in [0.25, 0.3) is 5.56 Å². The third-order valence-electron chi connectivity index (χ3n) is 5.83. The minimum Gasteiger partial charge on any atom is -0.486 e. The van der Waals surface area contributed by atoms with Crippen LogP contribution in [0.25, 0.3) is 10.2 Å². The summed E-state index contributed by atoms with van der Waals surface area (Å²) in [6, 6.07) is 5.86. The SMILES string of the molecule is Cn1c(SCC(=O)NCCc2ccc3c(c2)OCCO3)nc2sc3c(c2c1=O)CCCC3. The molecule has 168 valence electrons. The van der Waals surface area contributed by atoms with Crippen molar-refractivity contribution in [3.63, 3.8) is 0 Å². The fraction of sp³-hybridized carbons (Fsp3) is 0.435. The molecule has 5 rings (SSSR count). The molecule has 2 aliphatic rings. The Labute approximate surface area is 194 Å². The van der Waals surface area contributed by atoms with Gasteiger partial charge in [-0.2, -0.15) is 0 Å². The van der Waals surface area contributed by atoms with Gasteiger partial charge in [-0.05, 0) is 55.4 Å². The summed E-state index contributed by atoms with van der Waals surface area (Å²) in [4.78, 5) is 32.2. The van der Waals surface area contributed by atoms with Crippen LogP contribution in [0.2, 0.25) is 0 Å². The van der Waals surface area contributed by atoms with Crippen molar-refractivity contribution >= 4 is 39.2 Å². The van der Waals surface area contributed by atoms with Crippen molar-refractivity contribution in [2.24, 2.45) is 7.05 Å². The number of ether oxygens (including phenoxy) is 2. The van der Waals surface area contributed by atoms with Crippen LogP contribution in [0.3, 0.4) is 0 Å². The van der Waals surface area contributed by atoms with Crippen molar-refractivity contribution in [2.75, 3.05) is 25.5 Å². The Bertz CT molecular complexity index is 1230. The summed E-state index contributed by atoms with van der Waals surface area (Å²) in [5.74, 6) is 1.67. The molecule has 3 aromatic rings. The molecular weight excluding hydrogens is 446 g/mol. The highest BCUT2D eigenvalue weighted by molar-refractivity contribution is 7.99. The van der Waals surface area contributed by atoms with Crippen LogP contribution in [0.15, 0.2) is 28.2 Å². The molecule has 9 heteroatoms. The molecule has 0 fully saturated rings. The number of aryl methyl sites for hydroxylation is 2. The number of nitrogens with zero attached hydrogens (tertiary/aromatic N) is 2. The van der Waals surface area contributed by atoms with E-state index < -0.39 is 0 Å². The number of benzene rings is 1. The van der Waals surface area contributed by atoms with E-state index in [4.69, 9.17) is 14.5 Å². The maximum Gasteiger partial charge on any atom is 0.262 e. The summed E-state index contributed by atoms with van der Waals surface area (Å²) in [6.45, 7) is 1.66. The van der Waals surface area contributed by atoms with Crippen LogP contribution in [-0.4, -0.2) is 41.0 Å². The van der Waals surface area contributed by atoms with Gasteiger partial charge in [0.05, 0.1) is 11.1 Å². The third-order valence-corrected chi connectivity index (χ3v) is 8.05. The van der Waals surface area contributed by atoms with E-state index in [9.17, 15) is 9.59 Å². The minimum atomic E-state index is -0.0765. The van der Waals surface area contributed by atoms with E-state index in [1.807, 2.05) is 18.2 Å². The lowest BCUT2D eigenvalue weighted by Crippen LogP contribution is -2.28. The van der Waals surface area contributed by atoms with E-state index in [0.29, 0.717) is 31.3 Å². The lowest BCUT2D eigenvalue weighted by atomic mass is 9.97. The van der Waals surface area contributed by atoms with Crippen molar-refractivity contribution < 1.29 is 14.3 Å². The second kappa shape index (κ2) is 9.15. The van der Waals surface area contributed by atoms with Gasteiger partial charge in [-0.25, -0.2) is 4.98 Å². The number of hydrogen-bond acceptors (Lipinski definition) is 7. The average Bonchev–Trinajstić information content (AvgIpc) is 3.19. The number of carbonyl (C=O) groups is 1. The van der Waals surface area contributed by atoms with E-state index >= 15 is 0 Å². The van der Waals surface area contributed by atoms with Gasteiger partial charge in [-0.15, -0.1) is 11.3 Å². The largest absolute Gasteiger partial charge is 0.486 e. The number of carbonyl (C=O) groups excluding carboxylic acids is 1. The smallest absolute Gasteiger partial charge is 0.262 e. The van der Waals surface area contributed by atoms with Crippen LogP contribution in [0.1, 0.15) is 28.8 Å². The number of amides is 1. The van der Waals surface area contributed by atoms with Gasteiger partial charge in [0.1, 0.15) is 18.0 Å². The third kappa shape index (κ3) is 4.23. The molecule has 7 nitrogen and oxygen atoms in total. The molecule has 0 bridgehead atoms. The van der Waals surface area contributed by atoms with Crippen LogP contribution < -0.4 is 20.3 Å². The Morgan fingerprint density at radius 3 is 2.91 bits per heavy atom. The molecule has 1 aliphatic heterocycles. The number of nitrogens with one attached hydrogen (secondary N) is 1. The summed E-state index contributed by atoms with van der Waals surface area (Å²) in [6.07, 6.45) is 5.01. The summed E-state index contributed by atoms with van der Waals surface area (Å²) in [7, 11) is 1.74. The average molecular weight is 472 g/mol. The number of thiophene rings is 1. The number of aromatic nitrogens is 2. The van der Waals surface area contributed by atoms with Crippen LogP contribution in [0.4, 0.5) is 0 Å². The molecule has 0 unspecified atom stereocenters. The van der Waals surface area contributed by atoms with Crippen LogP contribution in [0.5, 0.6) is 11.5 Å². The van der Waals surface area contributed by atoms with Crippen LogP contribution in [-0.2, 0) is 31.1 Å². The number of hydrogen-bond donors (Lipinski definition) is 1. The van der Waals surface area contributed by atoms with Gasteiger partial charge in [-0.3, -0.25) is 14.2 Å². The molecule has 3 heterocycles. The maximum absolute atomic E-state index is 13.0. The summed E-state index contributed by atoms with van der Waals surface area (Å²) in [5.41, 5.74) is 2.27. The van der Waals surface area contributed by atoms with Gasteiger partial charge in [0.15, 0.2) is 16.7 Å². The van der Waals surface area contributed by atoms with Crippen molar-refractivity contribution in [3.8, 4) is 11.5 Å². The molecular formula is C23H25N3O4S2. The predicted molar refractivity (Wildman–Crippen MR) is 126 cm³/mol. The second-order valence-electron chi connectivity index (χ2n) is 8.02. The van der Waals surface area contributed by atoms with E-state index in [-0.39, 0.29) is 17.2 Å². The number of thioether (sulfide) groups is 1. The highest BCUT2D eigenvalue weighted by atomic mass is 32.2. The molecule has 1 aromatic carbocycles. The zero-order valence-electron chi connectivity index (χ0n) is 17.9. The highest BCUT2D eigenvalue weighted by Crippen LogP contribution is 2.34. The van der Waals surface area contributed by atoms with Gasteiger partial charge in [0, 0.05) is 18.5 Å². The van der Waals surface area contributed by atoms with E-state index in [2.05, 4.69) is 5.32 Å². The quantitative estimate of drug-likeness (QED) is 0.440. The van der Waals surface area contributed by atoms with Gasteiger partial charge in [0.2, 0.25) is 5.91 Å². The Balaban J connectivity index is 1.19. The molecule has 1 N–H and O–H groups in total. The van der Waals surface area contributed by atoms with Crippen molar-refractivity contribution in [1.82, 2.24) is 14.9 Å². The monoisotopic (exact) mass is 471 g/mol. The maximum atomic E-state index is 13.0. The van der Waals surface area contributed by atoms with Crippen molar-refractivity contribution in [1.29, 1.82) is 0 Å². The first-order chi connectivity index (χ1) is 15.6. The zero-order valence-corrected chi connectivity index (χ0v) is 19.6. The summed E-state index contributed by atoms with van der Waals surface area (Å²) >= 11 is 2.94. The van der Waals surface area contributed by atoms with Crippen molar-refractivity contribution in [2.45, 2.75) is 37.3 Å². The first kappa shape index (κ1) is 21.3. The molecule has 0 atom stereocenters. The summed E-state index contributed by atoms with van der Waals surface area (Å²) in [5, 5.41) is 4.31. The highest BCUT2D eigenvalue weighted by Gasteiger charge is 2.21. The van der Waals surface area contributed by atoms with Crippen molar-refractivity contribution in [3.05, 3.63) is 44.6 Å². The van der Waals surface area contributed by atoms with E-state index in [1.165, 1.54) is 28.6 Å². The molecule has 0 radical (unpaired) electrons. The lowest BCUT2D eigenvalue weighted by Gasteiger charge is -2.18. The summed E-state index contributed by atoms with van der Waals surface area (Å²) < 4.78 is 12.7.